The molecule has 1 unspecified atom stereocenters. The van der Waals surface area contributed by atoms with E-state index >= 15 is 0 Å². The van der Waals surface area contributed by atoms with E-state index in [9.17, 15) is 13.6 Å². The van der Waals surface area contributed by atoms with Gasteiger partial charge in [-0.1, -0.05) is 0 Å². The van der Waals surface area contributed by atoms with Crippen LogP contribution in [0.1, 0.15) is 12.8 Å². The Labute approximate surface area is 88.0 Å². The van der Waals surface area contributed by atoms with Gasteiger partial charge in [0, 0.05) is 6.54 Å². The van der Waals surface area contributed by atoms with Crippen molar-refractivity contribution in [3.63, 3.8) is 0 Å². The average molecular weight is 229 g/mol. The van der Waals surface area contributed by atoms with Gasteiger partial charge in [0.05, 0.1) is 12.5 Å². The molecule has 3 nitrogen and oxygen atoms in total. The molecule has 0 saturated carbocycles. The molecule has 0 aromatic carbocycles. The minimum absolute atomic E-state index is 0. The summed E-state index contributed by atoms with van der Waals surface area (Å²) in [5.74, 6) is -0.619. The Morgan fingerprint density at radius 3 is 2.71 bits per heavy atom. The van der Waals surface area contributed by atoms with E-state index in [0.29, 0.717) is 13.1 Å². The Morgan fingerprint density at radius 2 is 2.21 bits per heavy atom. The van der Waals surface area contributed by atoms with Crippen molar-refractivity contribution in [1.82, 2.24) is 4.90 Å². The Kier molecular flexibility index (Phi) is 5.95. The van der Waals surface area contributed by atoms with Crippen LogP contribution in [0.25, 0.3) is 0 Å². The van der Waals surface area contributed by atoms with E-state index in [4.69, 9.17) is 5.73 Å². The number of rotatable bonds is 3. The summed E-state index contributed by atoms with van der Waals surface area (Å²) in [4.78, 5) is 12.4. The number of carbonyl (C=O) groups is 1. The van der Waals surface area contributed by atoms with E-state index in [1.807, 2.05) is 0 Å². The van der Waals surface area contributed by atoms with Gasteiger partial charge in [-0.05, 0) is 19.4 Å². The average Bonchev–Trinajstić information content (AvgIpc) is 2.03. The standard InChI is InChI=1S/C8H14F2N2O.ClH/c9-7(10)5-12-3-1-2-6(4-12)8(11)13;/h6-7H,1-5H2,(H2,11,13);1H. The first-order valence-electron chi connectivity index (χ1n) is 4.39. The summed E-state index contributed by atoms with van der Waals surface area (Å²) in [5.41, 5.74) is 5.11. The topological polar surface area (TPSA) is 46.3 Å². The van der Waals surface area contributed by atoms with Crippen molar-refractivity contribution in [2.75, 3.05) is 19.6 Å². The van der Waals surface area contributed by atoms with E-state index in [1.54, 1.807) is 4.90 Å². The van der Waals surface area contributed by atoms with Crippen LogP contribution in [0.5, 0.6) is 0 Å². The minimum atomic E-state index is -2.33. The highest BCUT2D eigenvalue weighted by molar-refractivity contribution is 5.85. The van der Waals surface area contributed by atoms with Crippen molar-refractivity contribution in [2.24, 2.45) is 11.7 Å². The maximum atomic E-state index is 12.0. The molecule has 2 N–H and O–H groups in total. The number of likely N-dealkylation sites (tertiary alicyclic amines) is 1. The third kappa shape index (κ3) is 4.19. The number of nitrogens with two attached hydrogens (primary N) is 1. The highest BCUT2D eigenvalue weighted by atomic mass is 35.5. The second-order valence-corrected chi connectivity index (χ2v) is 3.39. The first-order valence-corrected chi connectivity index (χ1v) is 4.39. The molecule has 0 aliphatic carbocycles. The molecule has 1 amide bonds. The second kappa shape index (κ2) is 6.14. The summed E-state index contributed by atoms with van der Waals surface area (Å²) in [5, 5.41) is 0. The Bertz CT molecular complexity index is 192. The molecule has 1 saturated heterocycles. The summed E-state index contributed by atoms with van der Waals surface area (Å²) < 4.78 is 24.0. The number of piperidine rings is 1. The molecule has 1 aliphatic rings. The zero-order chi connectivity index (χ0) is 9.84. The van der Waals surface area contributed by atoms with Crippen molar-refractivity contribution in [1.29, 1.82) is 0 Å². The summed E-state index contributed by atoms with van der Waals surface area (Å²) in [6, 6.07) is 0. The molecular formula is C8H15ClF2N2O. The van der Waals surface area contributed by atoms with Gasteiger partial charge in [0.1, 0.15) is 0 Å². The van der Waals surface area contributed by atoms with Gasteiger partial charge in [-0.15, -0.1) is 12.4 Å². The predicted octanol–water partition coefficient (Wildman–Crippen LogP) is 0.871. The van der Waals surface area contributed by atoms with E-state index in [2.05, 4.69) is 0 Å². The van der Waals surface area contributed by atoms with Crippen LogP contribution in [0.2, 0.25) is 0 Å². The lowest BCUT2D eigenvalue weighted by atomic mass is 9.98. The van der Waals surface area contributed by atoms with Crippen molar-refractivity contribution in [3.8, 4) is 0 Å². The Morgan fingerprint density at radius 1 is 1.57 bits per heavy atom. The lowest BCUT2D eigenvalue weighted by Crippen LogP contribution is -2.42. The van der Waals surface area contributed by atoms with Gasteiger partial charge >= 0.3 is 0 Å². The van der Waals surface area contributed by atoms with Crippen LogP contribution in [0.15, 0.2) is 0 Å². The van der Waals surface area contributed by atoms with E-state index in [1.165, 1.54) is 0 Å². The molecule has 84 valence electrons. The number of alkyl halides is 2. The third-order valence-corrected chi connectivity index (χ3v) is 2.30. The fourth-order valence-corrected chi connectivity index (χ4v) is 1.65. The monoisotopic (exact) mass is 228 g/mol. The van der Waals surface area contributed by atoms with Gasteiger partial charge in [0.2, 0.25) is 5.91 Å². The molecule has 0 spiro atoms. The summed E-state index contributed by atoms with van der Waals surface area (Å²) in [6.45, 7) is 0.789. The van der Waals surface area contributed by atoms with Gasteiger partial charge in [-0.3, -0.25) is 9.69 Å². The fourth-order valence-electron chi connectivity index (χ4n) is 1.65. The number of hydrogen-bond acceptors (Lipinski definition) is 2. The number of halogens is 3. The lowest BCUT2D eigenvalue weighted by Gasteiger charge is -2.30. The third-order valence-electron chi connectivity index (χ3n) is 2.30. The van der Waals surface area contributed by atoms with Crippen LogP contribution in [0.4, 0.5) is 8.78 Å². The number of amides is 1. The zero-order valence-electron chi connectivity index (χ0n) is 7.79. The fraction of sp³-hybridized carbons (Fsp3) is 0.875. The zero-order valence-corrected chi connectivity index (χ0v) is 8.60. The van der Waals surface area contributed by atoms with E-state index in [-0.39, 0.29) is 30.8 Å². The number of carbonyl (C=O) groups excluding carboxylic acids is 1. The first-order chi connectivity index (χ1) is 6.09. The Hall–Kier alpha value is -0.420. The van der Waals surface area contributed by atoms with Gasteiger partial charge in [-0.2, -0.15) is 0 Å². The molecular weight excluding hydrogens is 214 g/mol. The lowest BCUT2D eigenvalue weighted by molar-refractivity contribution is -0.123. The molecule has 0 bridgehead atoms. The van der Waals surface area contributed by atoms with Crippen molar-refractivity contribution in [2.45, 2.75) is 19.3 Å². The van der Waals surface area contributed by atoms with E-state index < -0.39 is 6.43 Å². The first kappa shape index (κ1) is 13.6. The molecule has 1 aliphatic heterocycles. The van der Waals surface area contributed by atoms with Crippen molar-refractivity contribution < 1.29 is 13.6 Å². The summed E-state index contributed by atoms with van der Waals surface area (Å²) in [6.07, 6.45) is -0.818. The molecule has 1 heterocycles. The number of primary amides is 1. The van der Waals surface area contributed by atoms with Crippen LogP contribution in [-0.4, -0.2) is 36.9 Å². The van der Waals surface area contributed by atoms with Gasteiger partial charge in [0.25, 0.3) is 6.43 Å². The number of hydrogen-bond donors (Lipinski definition) is 1. The van der Waals surface area contributed by atoms with Gasteiger partial charge < -0.3 is 5.73 Å². The highest BCUT2D eigenvalue weighted by Gasteiger charge is 2.25. The van der Waals surface area contributed by atoms with Crippen molar-refractivity contribution in [3.05, 3.63) is 0 Å². The predicted molar refractivity (Wildman–Crippen MR) is 51.6 cm³/mol. The Balaban J connectivity index is 0.00000169. The van der Waals surface area contributed by atoms with Crippen LogP contribution in [-0.2, 0) is 4.79 Å². The normalized spacial score (nSPS) is 23.2. The SMILES string of the molecule is Cl.NC(=O)C1CCCN(CC(F)F)C1. The number of nitrogens with zero attached hydrogens (tertiary/aromatic N) is 1. The van der Waals surface area contributed by atoms with Gasteiger partial charge in [-0.25, -0.2) is 8.78 Å². The summed E-state index contributed by atoms with van der Waals surface area (Å²) >= 11 is 0. The quantitative estimate of drug-likeness (QED) is 0.779. The second-order valence-electron chi connectivity index (χ2n) is 3.39. The molecule has 0 aromatic heterocycles. The molecule has 6 heteroatoms. The molecule has 1 rings (SSSR count). The minimum Gasteiger partial charge on any atom is -0.369 e. The molecule has 0 radical (unpaired) electrons. The van der Waals surface area contributed by atoms with Crippen LogP contribution < -0.4 is 5.73 Å². The molecule has 1 fully saturated rings. The maximum Gasteiger partial charge on any atom is 0.251 e. The molecule has 0 aromatic rings. The largest absolute Gasteiger partial charge is 0.369 e. The smallest absolute Gasteiger partial charge is 0.251 e. The van der Waals surface area contributed by atoms with Crippen LogP contribution >= 0.6 is 12.4 Å². The summed E-state index contributed by atoms with van der Waals surface area (Å²) in [7, 11) is 0. The van der Waals surface area contributed by atoms with Gasteiger partial charge in [0.15, 0.2) is 0 Å². The molecule has 1 atom stereocenters. The van der Waals surface area contributed by atoms with Crippen LogP contribution in [0, 0.1) is 5.92 Å². The molecule has 14 heavy (non-hydrogen) atoms. The highest BCUT2D eigenvalue weighted by Crippen LogP contribution is 2.16. The maximum absolute atomic E-state index is 12.0. The van der Waals surface area contributed by atoms with Crippen molar-refractivity contribution >= 4 is 18.3 Å². The van der Waals surface area contributed by atoms with E-state index in [0.717, 1.165) is 12.8 Å². The van der Waals surface area contributed by atoms with Crippen LogP contribution in [0.3, 0.4) is 0 Å².